The van der Waals surface area contributed by atoms with Gasteiger partial charge in [0.15, 0.2) is 0 Å². The Balaban J connectivity index is 2.34. The molecule has 0 spiro atoms. The molecule has 0 fully saturated rings. The van der Waals surface area contributed by atoms with Crippen LogP contribution in [0.1, 0.15) is 103 Å². The zero-order valence-electron chi connectivity index (χ0n) is 17.5. The molecular formula is C23H38O3. The van der Waals surface area contributed by atoms with Crippen LogP contribution in [0.15, 0.2) is 12.1 Å². The van der Waals surface area contributed by atoms with Crippen LogP contribution in [0.5, 0.6) is 11.5 Å². The third kappa shape index (κ3) is 8.25. The third-order valence-electron chi connectivity index (χ3n) is 4.80. The molecule has 1 rings (SSSR count). The molecule has 0 aromatic heterocycles. The highest BCUT2D eigenvalue weighted by atomic mass is 16.5. The summed E-state index contributed by atoms with van der Waals surface area (Å²) in [6, 6.07) is 3.52. The maximum absolute atomic E-state index is 12.1. The van der Waals surface area contributed by atoms with Crippen molar-refractivity contribution in [1.82, 2.24) is 0 Å². The number of hydrogen-bond acceptors (Lipinski definition) is 3. The van der Waals surface area contributed by atoms with Crippen LogP contribution >= 0.6 is 0 Å². The first-order valence-corrected chi connectivity index (χ1v) is 10.3. The number of aryl methyl sites for hydroxylation is 1. The average Bonchev–Trinajstić information content (AvgIpc) is 2.55. The summed E-state index contributed by atoms with van der Waals surface area (Å²) in [6.07, 6.45) is 11.5. The smallest absolute Gasteiger partial charge is 0.311 e. The van der Waals surface area contributed by atoms with Crippen molar-refractivity contribution in [3.05, 3.63) is 23.3 Å². The van der Waals surface area contributed by atoms with Crippen molar-refractivity contribution in [3.63, 3.8) is 0 Å². The standard InChI is InChI=1S/C23H38O3/c1-6-7-8-9-10-11-12-13-14-15-21(24)26-19-16-18(2)22(25)20(17-19)23(3,4)5/h16-17,25H,6-15H2,1-5H3. The Hall–Kier alpha value is -1.51. The van der Waals surface area contributed by atoms with Gasteiger partial charge in [0.25, 0.3) is 0 Å². The summed E-state index contributed by atoms with van der Waals surface area (Å²) < 4.78 is 5.51. The van der Waals surface area contributed by atoms with E-state index in [-0.39, 0.29) is 17.1 Å². The number of esters is 1. The van der Waals surface area contributed by atoms with Crippen LogP contribution in [0.25, 0.3) is 0 Å². The molecule has 0 radical (unpaired) electrons. The van der Waals surface area contributed by atoms with Gasteiger partial charge in [0.2, 0.25) is 0 Å². The normalized spacial score (nSPS) is 11.6. The monoisotopic (exact) mass is 362 g/mol. The zero-order valence-corrected chi connectivity index (χ0v) is 17.5. The topological polar surface area (TPSA) is 46.5 Å². The molecule has 0 unspecified atom stereocenters. The fourth-order valence-corrected chi connectivity index (χ4v) is 3.14. The van der Waals surface area contributed by atoms with E-state index in [2.05, 4.69) is 6.92 Å². The van der Waals surface area contributed by atoms with Gasteiger partial charge in [-0.3, -0.25) is 4.79 Å². The van der Waals surface area contributed by atoms with Crippen molar-refractivity contribution in [3.8, 4) is 11.5 Å². The fraction of sp³-hybridized carbons (Fsp3) is 0.696. The molecule has 1 aromatic rings. The van der Waals surface area contributed by atoms with E-state index in [0.717, 1.165) is 24.0 Å². The van der Waals surface area contributed by atoms with Gasteiger partial charge in [-0.25, -0.2) is 0 Å². The second-order valence-corrected chi connectivity index (χ2v) is 8.44. The van der Waals surface area contributed by atoms with Gasteiger partial charge in [0, 0.05) is 12.0 Å². The van der Waals surface area contributed by atoms with E-state index in [1.54, 1.807) is 12.1 Å². The number of phenols is 1. The SMILES string of the molecule is CCCCCCCCCCCC(=O)Oc1cc(C)c(O)c(C(C)(C)C)c1. The number of aromatic hydroxyl groups is 1. The van der Waals surface area contributed by atoms with Crippen LogP contribution in [0.2, 0.25) is 0 Å². The van der Waals surface area contributed by atoms with Gasteiger partial charge < -0.3 is 9.84 Å². The van der Waals surface area contributed by atoms with E-state index in [0.29, 0.717) is 12.2 Å². The molecule has 0 aliphatic rings. The van der Waals surface area contributed by atoms with Crippen molar-refractivity contribution in [2.45, 2.75) is 104 Å². The van der Waals surface area contributed by atoms with Crippen molar-refractivity contribution in [2.75, 3.05) is 0 Å². The van der Waals surface area contributed by atoms with Crippen LogP contribution in [0, 0.1) is 6.92 Å². The number of carbonyl (C=O) groups excluding carboxylic acids is 1. The highest BCUT2D eigenvalue weighted by Crippen LogP contribution is 2.36. The van der Waals surface area contributed by atoms with Crippen molar-refractivity contribution in [1.29, 1.82) is 0 Å². The predicted octanol–water partition coefficient (Wildman–Crippen LogP) is 6.82. The molecule has 148 valence electrons. The van der Waals surface area contributed by atoms with E-state index in [9.17, 15) is 9.90 Å². The Morgan fingerprint density at radius 1 is 0.962 bits per heavy atom. The number of hydrogen-bond donors (Lipinski definition) is 1. The number of carbonyl (C=O) groups is 1. The Bertz CT molecular complexity index is 555. The second kappa shape index (κ2) is 11.3. The van der Waals surface area contributed by atoms with Gasteiger partial charge in [-0.05, 0) is 36.5 Å². The molecule has 0 amide bonds. The number of ether oxygens (including phenoxy) is 1. The molecule has 26 heavy (non-hydrogen) atoms. The van der Waals surface area contributed by atoms with E-state index in [1.165, 1.54) is 44.9 Å². The Morgan fingerprint density at radius 3 is 2.04 bits per heavy atom. The quantitative estimate of drug-likeness (QED) is 0.267. The molecule has 0 aliphatic carbocycles. The first-order chi connectivity index (χ1) is 12.3. The highest BCUT2D eigenvalue weighted by molar-refractivity contribution is 5.72. The molecule has 3 nitrogen and oxygen atoms in total. The van der Waals surface area contributed by atoms with Crippen LogP contribution < -0.4 is 4.74 Å². The number of unbranched alkanes of at least 4 members (excludes halogenated alkanes) is 8. The van der Waals surface area contributed by atoms with Gasteiger partial charge in [-0.1, -0.05) is 79.1 Å². The summed E-state index contributed by atoms with van der Waals surface area (Å²) in [6.45, 7) is 10.2. The molecule has 0 bridgehead atoms. The van der Waals surface area contributed by atoms with E-state index >= 15 is 0 Å². The summed E-state index contributed by atoms with van der Waals surface area (Å²) >= 11 is 0. The minimum Gasteiger partial charge on any atom is -0.507 e. The molecule has 1 N–H and O–H groups in total. The van der Waals surface area contributed by atoms with Gasteiger partial charge in [-0.2, -0.15) is 0 Å². The fourth-order valence-electron chi connectivity index (χ4n) is 3.14. The lowest BCUT2D eigenvalue weighted by molar-refractivity contribution is -0.134. The lowest BCUT2D eigenvalue weighted by Gasteiger charge is -2.22. The number of benzene rings is 1. The molecule has 0 atom stereocenters. The van der Waals surface area contributed by atoms with Gasteiger partial charge in [0.1, 0.15) is 11.5 Å². The Morgan fingerprint density at radius 2 is 1.50 bits per heavy atom. The minimum absolute atomic E-state index is 0.183. The highest BCUT2D eigenvalue weighted by Gasteiger charge is 2.21. The first kappa shape index (κ1) is 22.5. The lowest BCUT2D eigenvalue weighted by atomic mass is 9.85. The van der Waals surface area contributed by atoms with E-state index in [4.69, 9.17) is 4.74 Å². The molecular weight excluding hydrogens is 324 g/mol. The van der Waals surface area contributed by atoms with Crippen molar-refractivity contribution in [2.24, 2.45) is 0 Å². The average molecular weight is 363 g/mol. The molecule has 0 heterocycles. The molecule has 0 aliphatic heterocycles. The molecule has 0 saturated carbocycles. The third-order valence-corrected chi connectivity index (χ3v) is 4.80. The Labute approximate surface area is 160 Å². The predicted molar refractivity (Wildman–Crippen MR) is 109 cm³/mol. The van der Waals surface area contributed by atoms with Crippen LogP contribution in [-0.4, -0.2) is 11.1 Å². The maximum Gasteiger partial charge on any atom is 0.311 e. The lowest BCUT2D eigenvalue weighted by Crippen LogP contribution is -2.13. The summed E-state index contributed by atoms with van der Waals surface area (Å²) in [4.78, 5) is 12.1. The first-order valence-electron chi connectivity index (χ1n) is 10.3. The van der Waals surface area contributed by atoms with Crippen molar-refractivity contribution >= 4 is 5.97 Å². The van der Waals surface area contributed by atoms with E-state index in [1.807, 2.05) is 27.7 Å². The van der Waals surface area contributed by atoms with Crippen LogP contribution in [0.3, 0.4) is 0 Å². The molecule has 0 saturated heterocycles. The zero-order chi connectivity index (χ0) is 19.6. The van der Waals surface area contributed by atoms with Gasteiger partial charge in [0.05, 0.1) is 0 Å². The maximum atomic E-state index is 12.1. The van der Waals surface area contributed by atoms with Crippen LogP contribution in [0.4, 0.5) is 0 Å². The van der Waals surface area contributed by atoms with Gasteiger partial charge >= 0.3 is 5.97 Å². The summed E-state index contributed by atoms with van der Waals surface area (Å²) in [5.74, 6) is 0.639. The summed E-state index contributed by atoms with van der Waals surface area (Å²) in [5, 5.41) is 10.2. The van der Waals surface area contributed by atoms with Gasteiger partial charge in [-0.15, -0.1) is 0 Å². The number of phenolic OH excluding ortho intramolecular Hbond substituents is 1. The molecule has 3 heteroatoms. The minimum atomic E-state index is -0.200. The second-order valence-electron chi connectivity index (χ2n) is 8.44. The van der Waals surface area contributed by atoms with Crippen molar-refractivity contribution < 1.29 is 14.6 Å². The number of rotatable bonds is 11. The van der Waals surface area contributed by atoms with Crippen LogP contribution in [-0.2, 0) is 10.2 Å². The Kier molecular flexibility index (Phi) is 9.75. The summed E-state index contributed by atoms with van der Waals surface area (Å²) in [7, 11) is 0. The van der Waals surface area contributed by atoms with E-state index < -0.39 is 0 Å². The largest absolute Gasteiger partial charge is 0.507 e. The summed E-state index contributed by atoms with van der Waals surface area (Å²) in [5.41, 5.74) is 1.35. The molecule has 1 aromatic carbocycles.